The molecule has 4 aromatic rings. The molecule has 0 bridgehead atoms. The number of carbonyl (C=O) groups excluding carboxylic acids is 1. The molecular weight excluding hydrogens is 448 g/mol. The van der Waals surface area contributed by atoms with Gasteiger partial charge in [0.1, 0.15) is 11.6 Å². The van der Waals surface area contributed by atoms with E-state index in [4.69, 9.17) is 9.97 Å². The zero-order valence-corrected chi connectivity index (χ0v) is 21.2. The Morgan fingerprint density at radius 2 is 1.67 bits per heavy atom. The Morgan fingerprint density at radius 1 is 0.917 bits per heavy atom. The van der Waals surface area contributed by atoms with E-state index < -0.39 is 0 Å². The fraction of sp³-hybridized carbons (Fsp3) is 0.379. The van der Waals surface area contributed by atoms with Gasteiger partial charge in [-0.3, -0.25) is 4.79 Å². The first kappa shape index (κ1) is 24.0. The van der Waals surface area contributed by atoms with Crippen molar-refractivity contribution in [3.8, 4) is 5.69 Å². The Balaban J connectivity index is 1.42. The van der Waals surface area contributed by atoms with Crippen LogP contribution in [0.4, 0.5) is 5.82 Å². The van der Waals surface area contributed by atoms with Gasteiger partial charge in [0.15, 0.2) is 5.65 Å². The number of anilines is 1. The summed E-state index contributed by atoms with van der Waals surface area (Å²) >= 11 is 0. The second-order valence-corrected chi connectivity index (χ2v) is 9.38. The van der Waals surface area contributed by atoms with Gasteiger partial charge in [0.05, 0.1) is 23.2 Å². The van der Waals surface area contributed by atoms with Crippen molar-refractivity contribution in [1.82, 2.24) is 24.6 Å². The van der Waals surface area contributed by atoms with Crippen LogP contribution in [0.3, 0.4) is 0 Å². The largest absolute Gasteiger partial charge is 0.354 e. The summed E-state index contributed by atoms with van der Waals surface area (Å²) in [7, 11) is 0. The van der Waals surface area contributed by atoms with Crippen molar-refractivity contribution in [3.05, 3.63) is 78.2 Å². The minimum Gasteiger partial charge on any atom is -0.354 e. The zero-order valence-electron chi connectivity index (χ0n) is 21.2. The second kappa shape index (κ2) is 10.9. The van der Waals surface area contributed by atoms with Crippen LogP contribution in [0.1, 0.15) is 50.4 Å². The van der Waals surface area contributed by atoms with E-state index in [9.17, 15) is 4.79 Å². The van der Waals surface area contributed by atoms with Crippen LogP contribution in [0.25, 0.3) is 16.7 Å². The highest BCUT2D eigenvalue weighted by atomic mass is 16.2. The van der Waals surface area contributed by atoms with Crippen LogP contribution in [0.2, 0.25) is 0 Å². The molecule has 7 nitrogen and oxygen atoms in total. The number of fused-ring (bicyclic) bond motifs is 1. The van der Waals surface area contributed by atoms with Crippen LogP contribution in [0, 0.1) is 0 Å². The van der Waals surface area contributed by atoms with E-state index in [0.29, 0.717) is 6.54 Å². The minimum atomic E-state index is -0.0937. The number of nitrogens with zero attached hydrogens (tertiary/aromatic N) is 6. The van der Waals surface area contributed by atoms with Gasteiger partial charge in [0.25, 0.3) is 0 Å². The normalized spacial score (nSPS) is 15.2. The molecule has 0 unspecified atom stereocenters. The highest BCUT2D eigenvalue weighted by molar-refractivity contribution is 5.88. The average molecular weight is 483 g/mol. The maximum absolute atomic E-state index is 13.5. The van der Waals surface area contributed by atoms with Crippen molar-refractivity contribution in [2.75, 3.05) is 31.1 Å². The SMILES string of the molecule is CCCc1nc(N2CCCN(C(=O)[C@H](CC)c3ccccc3)CC2)c2cnn(-c3ccccc3)c2n1. The van der Waals surface area contributed by atoms with Crippen molar-refractivity contribution in [3.63, 3.8) is 0 Å². The summed E-state index contributed by atoms with van der Waals surface area (Å²) in [6.07, 6.45) is 5.37. The van der Waals surface area contributed by atoms with Gasteiger partial charge in [-0.15, -0.1) is 0 Å². The molecule has 2 aromatic heterocycles. The smallest absolute Gasteiger partial charge is 0.230 e. The van der Waals surface area contributed by atoms with Crippen LogP contribution >= 0.6 is 0 Å². The summed E-state index contributed by atoms with van der Waals surface area (Å²) in [5.74, 6) is 1.89. The van der Waals surface area contributed by atoms with E-state index in [0.717, 1.165) is 79.2 Å². The van der Waals surface area contributed by atoms with E-state index in [1.807, 2.05) is 64.3 Å². The Bertz CT molecular complexity index is 1300. The van der Waals surface area contributed by atoms with E-state index >= 15 is 0 Å². The number of aryl methyl sites for hydroxylation is 1. The maximum Gasteiger partial charge on any atom is 0.230 e. The van der Waals surface area contributed by atoms with Crippen LogP contribution in [-0.2, 0) is 11.2 Å². The Hall–Kier alpha value is -3.74. The van der Waals surface area contributed by atoms with Crippen molar-refractivity contribution in [2.24, 2.45) is 0 Å². The average Bonchev–Trinajstić information content (AvgIpc) is 3.18. The zero-order chi connectivity index (χ0) is 24.9. The first-order chi connectivity index (χ1) is 17.7. The first-order valence-electron chi connectivity index (χ1n) is 13.1. The summed E-state index contributed by atoms with van der Waals surface area (Å²) in [5, 5.41) is 5.63. The van der Waals surface area contributed by atoms with Crippen LogP contribution in [-0.4, -0.2) is 56.7 Å². The van der Waals surface area contributed by atoms with Gasteiger partial charge >= 0.3 is 0 Å². The Labute approximate surface area is 212 Å². The van der Waals surface area contributed by atoms with Gasteiger partial charge in [0, 0.05) is 32.6 Å². The molecule has 1 atom stereocenters. The first-order valence-corrected chi connectivity index (χ1v) is 13.1. The second-order valence-electron chi connectivity index (χ2n) is 9.38. The van der Waals surface area contributed by atoms with Crippen molar-refractivity contribution >= 4 is 22.8 Å². The molecule has 1 aliphatic rings. The van der Waals surface area contributed by atoms with Gasteiger partial charge in [0.2, 0.25) is 5.91 Å². The highest BCUT2D eigenvalue weighted by Crippen LogP contribution is 2.28. The van der Waals surface area contributed by atoms with E-state index in [2.05, 4.69) is 36.0 Å². The number of hydrogen-bond donors (Lipinski definition) is 0. The van der Waals surface area contributed by atoms with Gasteiger partial charge in [-0.25, -0.2) is 14.6 Å². The van der Waals surface area contributed by atoms with Crippen molar-refractivity contribution in [2.45, 2.75) is 45.4 Å². The molecule has 0 radical (unpaired) electrons. The minimum absolute atomic E-state index is 0.0937. The summed E-state index contributed by atoms with van der Waals surface area (Å²) in [5.41, 5.74) is 2.92. The lowest BCUT2D eigenvalue weighted by Crippen LogP contribution is -2.38. The lowest BCUT2D eigenvalue weighted by Gasteiger charge is -2.26. The molecule has 1 saturated heterocycles. The molecule has 1 fully saturated rings. The van der Waals surface area contributed by atoms with Crippen molar-refractivity contribution < 1.29 is 4.79 Å². The highest BCUT2D eigenvalue weighted by Gasteiger charge is 2.27. The standard InChI is InChI=1S/C29H34N6O/c1-3-12-26-31-27(25-21-30-35(28(25)32-26)23-15-9-6-10-16-23)33-17-11-18-34(20-19-33)29(36)24(4-2)22-13-7-5-8-14-22/h5-10,13-16,21,24H,3-4,11-12,17-20H2,1-2H3/t24-/m1/s1. The molecule has 7 heteroatoms. The Kier molecular flexibility index (Phi) is 7.26. The van der Waals surface area contributed by atoms with E-state index in [1.54, 1.807) is 0 Å². The molecule has 1 amide bonds. The van der Waals surface area contributed by atoms with Crippen LogP contribution < -0.4 is 4.90 Å². The predicted molar refractivity (Wildman–Crippen MR) is 144 cm³/mol. The lowest BCUT2D eigenvalue weighted by atomic mass is 9.95. The van der Waals surface area contributed by atoms with Crippen molar-refractivity contribution in [1.29, 1.82) is 0 Å². The van der Waals surface area contributed by atoms with E-state index in [1.165, 1.54) is 0 Å². The predicted octanol–water partition coefficient (Wildman–Crippen LogP) is 5.00. The number of hydrogen-bond acceptors (Lipinski definition) is 5. The van der Waals surface area contributed by atoms with Crippen LogP contribution in [0.15, 0.2) is 66.9 Å². The molecule has 0 spiro atoms. The third-order valence-corrected chi connectivity index (χ3v) is 6.94. The molecule has 0 saturated carbocycles. The van der Waals surface area contributed by atoms with Gasteiger partial charge in [-0.1, -0.05) is 62.4 Å². The molecule has 2 aromatic carbocycles. The number of amides is 1. The molecule has 36 heavy (non-hydrogen) atoms. The summed E-state index contributed by atoms with van der Waals surface area (Å²) in [6.45, 7) is 7.28. The third kappa shape index (κ3) is 4.83. The number of aromatic nitrogens is 4. The summed E-state index contributed by atoms with van der Waals surface area (Å²) in [6, 6.07) is 20.3. The quantitative estimate of drug-likeness (QED) is 0.371. The van der Waals surface area contributed by atoms with Crippen LogP contribution in [0.5, 0.6) is 0 Å². The number of benzene rings is 2. The summed E-state index contributed by atoms with van der Waals surface area (Å²) in [4.78, 5) is 27.7. The summed E-state index contributed by atoms with van der Waals surface area (Å²) < 4.78 is 1.90. The third-order valence-electron chi connectivity index (χ3n) is 6.94. The lowest BCUT2D eigenvalue weighted by molar-refractivity contribution is -0.132. The molecule has 3 heterocycles. The molecule has 5 rings (SSSR count). The van der Waals surface area contributed by atoms with Gasteiger partial charge in [-0.2, -0.15) is 5.10 Å². The molecule has 186 valence electrons. The molecular formula is C29H34N6O. The fourth-order valence-electron chi connectivity index (χ4n) is 5.08. The number of carbonyl (C=O) groups is 1. The Morgan fingerprint density at radius 3 is 2.39 bits per heavy atom. The maximum atomic E-state index is 13.5. The monoisotopic (exact) mass is 482 g/mol. The fourth-order valence-corrected chi connectivity index (χ4v) is 5.08. The molecule has 0 aliphatic carbocycles. The van der Waals surface area contributed by atoms with Gasteiger partial charge < -0.3 is 9.80 Å². The number of rotatable bonds is 7. The van der Waals surface area contributed by atoms with Gasteiger partial charge in [-0.05, 0) is 37.0 Å². The molecule has 0 N–H and O–H groups in total. The van der Waals surface area contributed by atoms with E-state index in [-0.39, 0.29) is 11.8 Å². The number of para-hydroxylation sites is 1. The molecule has 1 aliphatic heterocycles. The topological polar surface area (TPSA) is 67.2 Å².